The molecule has 2 rings (SSSR count). The lowest BCUT2D eigenvalue weighted by Crippen LogP contribution is -2.43. The summed E-state index contributed by atoms with van der Waals surface area (Å²) in [7, 11) is 0. The fourth-order valence-electron chi connectivity index (χ4n) is 2.07. The van der Waals surface area contributed by atoms with Gasteiger partial charge in [0.25, 0.3) is 23.2 Å². The van der Waals surface area contributed by atoms with E-state index in [9.17, 15) is 29.8 Å². The van der Waals surface area contributed by atoms with Gasteiger partial charge >= 0.3 is 0 Å². The number of amides is 2. The Morgan fingerprint density at radius 2 is 1.68 bits per heavy atom. The Morgan fingerprint density at radius 1 is 1.04 bits per heavy atom. The third kappa shape index (κ3) is 5.42. The molecule has 0 aliphatic heterocycles. The second-order valence-electron chi connectivity index (χ2n) is 5.59. The van der Waals surface area contributed by atoms with Crippen LogP contribution in [0.1, 0.15) is 22.8 Å². The summed E-state index contributed by atoms with van der Waals surface area (Å²) < 4.78 is 0. The summed E-state index contributed by atoms with van der Waals surface area (Å²) in [5.41, 5.74) is 2.52. The molecule has 0 saturated carbocycles. The first kappa shape index (κ1) is 20.2. The van der Waals surface area contributed by atoms with Gasteiger partial charge < -0.3 is 5.32 Å². The van der Waals surface area contributed by atoms with Crippen molar-refractivity contribution in [3.63, 3.8) is 0 Å². The summed E-state index contributed by atoms with van der Waals surface area (Å²) >= 11 is 0. The number of nitro groups is 2. The van der Waals surface area contributed by atoms with Crippen LogP contribution in [0.5, 0.6) is 0 Å². The number of hydrogen-bond donors (Lipinski definition) is 2. The van der Waals surface area contributed by atoms with Crippen molar-refractivity contribution in [2.75, 3.05) is 0 Å². The van der Waals surface area contributed by atoms with Crippen LogP contribution < -0.4 is 10.7 Å². The Bertz CT molecular complexity index is 941. The average molecular weight is 385 g/mol. The summed E-state index contributed by atoms with van der Waals surface area (Å²) in [6, 6.07) is 9.64. The van der Waals surface area contributed by atoms with Gasteiger partial charge in [-0.2, -0.15) is 5.10 Å². The predicted molar refractivity (Wildman–Crippen MR) is 98.9 cm³/mol. The predicted octanol–water partition coefficient (Wildman–Crippen LogP) is 1.77. The number of rotatable bonds is 7. The molecule has 1 atom stereocenters. The minimum absolute atomic E-state index is 0.112. The minimum Gasteiger partial charge on any atom is -0.340 e. The summed E-state index contributed by atoms with van der Waals surface area (Å²) in [6.07, 6.45) is 1.23. The van der Waals surface area contributed by atoms with Crippen LogP contribution in [-0.4, -0.2) is 33.9 Å². The Hall–Kier alpha value is -4.15. The highest BCUT2D eigenvalue weighted by molar-refractivity contribution is 5.97. The van der Waals surface area contributed by atoms with Crippen molar-refractivity contribution < 1.29 is 19.4 Å². The van der Waals surface area contributed by atoms with Gasteiger partial charge in [0.15, 0.2) is 0 Å². The SMILES string of the molecule is C[C@H](NC(=O)c1ccc([N+](=O)[O-])cc1)C(=O)N/N=C\c1cccc([N+](=O)[O-])c1. The first-order valence-corrected chi connectivity index (χ1v) is 7.90. The molecule has 0 aliphatic carbocycles. The van der Waals surface area contributed by atoms with Gasteiger partial charge in [-0.15, -0.1) is 0 Å². The number of hydrazone groups is 1. The molecule has 11 nitrogen and oxygen atoms in total. The maximum atomic E-state index is 12.1. The molecule has 0 spiro atoms. The Balaban J connectivity index is 1.91. The second-order valence-corrected chi connectivity index (χ2v) is 5.59. The van der Waals surface area contributed by atoms with Crippen molar-refractivity contribution in [1.29, 1.82) is 0 Å². The first-order chi connectivity index (χ1) is 13.3. The molecule has 0 fully saturated rings. The van der Waals surface area contributed by atoms with Crippen LogP contribution >= 0.6 is 0 Å². The van der Waals surface area contributed by atoms with Gasteiger partial charge in [-0.05, 0) is 19.1 Å². The molecule has 2 aromatic carbocycles. The van der Waals surface area contributed by atoms with Crippen molar-refractivity contribution in [1.82, 2.24) is 10.7 Å². The number of non-ortho nitro benzene ring substituents is 2. The van der Waals surface area contributed by atoms with Gasteiger partial charge in [0.05, 0.1) is 16.1 Å². The number of nitro benzene ring substituents is 2. The zero-order valence-electron chi connectivity index (χ0n) is 14.6. The van der Waals surface area contributed by atoms with Crippen LogP contribution in [0.25, 0.3) is 0 Å². The Morgan fingerprint density at radius 3 is 2.29 bits per heavy atom. The van der Waals surface area contributed by atoms with E-state index in [1.165, 1.54) is 55.6 Å². The van der Waals surface area contributed by atoms with E-state index >= 15 is 0 Å². The van der Waals surface area contributed by atoms with Crippen LogP contribution in [0.3, 0.4) is 0 Å². The number of nitrogens with zero attached hydrogens (tertiary/aromatic N) is 3. The van der Waals surface area contributed by atoms with Gasteiger partial charge in [-0.1, -0.05) is 12.1 Å². The van der Waals surface area contributed by atoms with E-state index in [4.69, 9.17) is 0 Å². The van der Waals surface area contributed by atoms with Crippen LogP contribution in [0.2, 0.25) is 0 Å². The molecule has 0 radical (unpaired) electrons. The van der Waals surface area contributed by atoms with Gasteiger partial charge in [-0.25, -0.2) is 5.43 Å². The zero-order chi connectivity index (χ0) is 20.7. The van der Waals surface area contributed by atoms with E-state index in [1.807, 2.05) is 0 Å². The lowest BCUT2D eigenvalue weighted by molar-refractivity contribution is -0.385. The Kier molecular flexibility index (Phi) is 6.47. The lowest BCUT2D eigenvalue weighted by atomic mass is 10.2. The normalized spacial score (nSPS) is 11.6. The number of benzene rings is 2. The molecule has 0 aromatic heterocycles. The molecule has 2 aromatic rings. The van der Waals surface area contributed by atoms with Crippen molar-refractivity contribution in [2.45, 2.75) is 13.0 Å². The Labute approximate surface area is 158 Å². The van der Waals surface area contributed by atoms with Crippen molar-refractivity contribution >= 4 is 29.4 Å². The van der Waals surface area contributed by atoms with E-state index in [0.29, 0.717) is 5.56 Å². The molecule has 0 aliphatic rings. The smallest absolute Gasteiger partial charge is 0.270 e. The van der Waals surface area contributed by atoms with Crippen LogP contribution in [-0.2, 0) is 4.79 Å². The molecule has 2 amide bonds. The molecule has 0 unspecified atom stereocenters. The monoisotopic (exact) mass is 385 g/mol. The summed E-state index contributed by atoms with van der Waals surface area (Å²) in [5, 5.41) is 27.5. The zero-order valence-corrected chi connectivity index (χ0v) is 14.6. The highest BCUT2D eigenvalue weighted by atomic mass is 16.6. The van der Waals surface area contributed by atoms with E-state index in [-0.39, 0.29) is 16.9 Å². The summed E-state index contributed by atoms with van der Waals surface area (Å²) in [5.74, 6) is -1.20. The van der Waals surface area contributed by atoms with E-state index in [1.54, 1.807) is 6.07 Å². The van der Waals surface area contributed by atoms with E-state index < -0.39 is 27.7 Å². The van der Waals surface area contributed by atoms with Crippen LogP contribution in [0, 0.1) is 20.2 Å². The van der Waals surface area contributed by atoms with Crippen LogP contribution in [0.15, 0.2) is 53.6 Å². The molecule has 2 N–H and O–H groups in total. The number of carbonyl (C=O) groups is 2. The maximum absolute atomic E-state index is 12.1. The average Bonchev–Trinajstić information content (AvgIpc) is 2.68. The minimum atomic E-state index is -0.940. The molecule has 28 heavy (non-hydrogen) atoms. The largest absolute Gasteiger partial charge is 0.340 e. The first-order valence-electron chi connectivity index (χ1n) is 7.90. The molecule has 144 valence electrons. The van der Waals surface area contributed by atoms with E-state index in [0.717, 1.165) is 0 Å². The van der Waals surface area contributed by atoms with Gasteiger partial charge in [0.2, 0.25) is 0 Å². The fraction of sp³-hybridized carbons (Fsp3) is 0.118. The summed E-state index contributed by atoms with van der Waals surface area (Å²) in [6.45, 7) is 1.43. The molecular weight excluding hydrogens is 370 g/mol. The van der Waals surface area contributed by atoms with Crippen molar-refractivity contribution in [3.05, 3.63) is 79.9 Å². The highest BCUT2D eigenvalue weighted by Gasteiger charge is 2.17. The second kappa shape index (κ2) is 8.98. The lowest BCUT2D eigenvalue weighted by Gasteiger charge is -2.12. The van der Waals surface area contributed by atoms with Crippen LogP contribution in [0.4, 0.5) is 11.4 Å². The van der Waals surface area contributed by atoms with Gasteiger partial charge in [0, 0.05) is 35.4 Å². The van der Waals surface area contributed by atoms with Gasteiger partial charge in [-0.3, -0.25) is 29.8 Å². The molecule has 0 bridgehead atoms. The standard InChI is InChI=1S/C17H15N5O6/c1-11(19-17(24)13-5-7-14(8-6-13)21(25)26)16(23)20-18-10-12-3-2-4-15(9-12)22(27)28/h2-11H,1H3,(H,19,24)(H,20,23)/b18-10-/t11-/m0/s1. The molecule has 0 saturated heterocycles. The van der Waals surface area contributed by atoms with Crippen molar-refractivity contribution in [2.24, 2.45) is 5.10 Å². The third-order valence-electron chi connectivity index (χ3n) is 3.55. The summed E-state index contributed by atoms with van der Waals surface area (Å²) in [4.78, 5) is 44.2. The quantitative estimate of drug-likeness (QED) is 0.420. The highest BCUT2D eigenvalue weighted by Crippen LogP contribution is 2.12. The fourth-order valence-corrected chi connectivity index (χ4v) is 2.07. The third-order valence-corrected chi connectivity index (χ3v) is 3.55. The van der Waals surface area contributed by atoms with Crippen molar-refractivity contribution in [3.8, 4) is 0 Å². The molecular formula is C17H15N5O6. The number of nitrogens with one attached hydrogen (secondary N) is 2. The molecule has 0 heterocycles. The van der Waals surface area contributed by atoms with Gasteiger partial charge in [0.1, 0.15) is 6.04 Å². The topological polar surface area (TPSA) is 157 Å². The van der Waals surface area contributed by atoms with E-state index in [2.05, 4.69) is 15.8 Å². The number of carbonyl (C=O) groups excluding carboxylic acids is 2. The maximum Gasteiger partial charge on any atom is 0.270 e. The molecule has 11 heteroatoms. The number of hydrogen-bond acceptors (Lipinski definition) is 7.